The summed E-state index contributed by atoms with van der Waals surface area (Å²) in [5.41, 5.74) is 8.65. The highest BCUT2D eigenvalue weighted by atomic mass is 28.3. The molecular weight excluding hydrogens is 621 g/mol. The van der Waals surface area contributed by atoms with Crippen LogP contribution in [-0.2, 0) is 17.4 Å². The SMILES string of the molecule is CCCCCCCCC(C)(C)[SiH2]OC(Cc1ccccc1)c1cc2n(c(=O)c1C)Cc1c-2nc2ccc(C)cc2c1[Si](C)(C)C(C)(C)C. The number of benzene rings is 2. The molecule has 0 fully saturated rings. The number of hydrogen-bond donors (Lipinski definition) is 0. The predicted molar refractivity (Wildman–Crippen MR) is 211 cm³/mol. The van der Waals surface area contributed by atoms with Crippen LogP contribution in [0.4, 0.5) is 0 Å². The minimum absolute atomic E-state index is 0.0941. The first-order valence-electron chi connectivity index (χ1n) is 18.5. The van der Waals surface area contributed by atoms with Gasteiger partial charge in [0.1, 0.15) is 0 Å². The van der Waals surface area contributed by atoms with Crippen LogP contribution in [0.3, 0.4) is 0 Å². The van der Waals surface area contributed by atoms with Crippen LogP contribution >= 0.6 is 0 Å². The third-order valence-corrected chi connectivity index (χ3v) is 18.7. The quantitative estimate of drug-likeness (QED) is 0.0866. The molecule has 1 unspecified atom stereocenters. The summed E-state index contributed by atoms with van der Waals surface area (Å²) in [5, 5.41) is 3.06. The summed E-state index contributed by atoms with van der Waals surface area (Å²) in [6.07, 6.45) is 9.70. The Morgan fingerprint density at radius 3 is 2.31 bits per heavy atom. The maximum absolute atomic E-state index is 14.4. The molecule has 0 spiro atoms. The van der Waals surface area contributed by atoms with Gasteiger partial charge in [-0.3, -0.25) is 4.79 Å². The number of aryl methyl sites for hydroxylation is 1. The molecule has 1 aliphatic rings. The molecule has 0 bridgehead atoms. The number of nitrogens with zero attached hydrogens (tertiary/aromatic N) is 2. The van der Waals surface area contributed by atoms with Crippen molar-refractivity contribution >= 4 is 33.9 Å². The molecule has 4 aromatic rings. The summed E-state index contributed by atoms with van der Waals surface area (Å²) in [4.78, 5) is 19.7. The second-order valence-corrected chi connectivity index (χ2v) is 24.7. The molecule has 0 amide bonds. The third-order valence-electron chi connectivity index (χ3n) is 11.4. The molecule has 3 heterocycles. The topological polar surface area (TPSA) is 44.1 Å². The van der Waals surface area contributed by atoms with Gasteiger partial charge in [0.25, 0.3) is 5.56 Å². The second-order valence-electron chi connectivity index (χ2n) is 16.9. The number of hydrogen-bond acceptors (Lipinski definition) is 3. The first-order chi connectivity index (χ1) is 22.6. The summed E-state index contributed by atoms with van der Waals surface area (Å²) in [7, 11) is -2.91. The van der Waals surface area contributed by atoms with E-state index in [1.165, 1.54) is 72.2 Å². The van der Waals surface area contributed by atoms with Gasteiger partial charge in [-0.05, 0) is 70.4 Å². The Morgan fingerprint density at radius 1 is 0.938 bits per heavy atom. The van der Waals surface area contributed by atoms with E-state index in [0.29, 0.717) is 6.54 Å². The molecular formula is C42H60N2O2Si2. The Bertz CT molecular complexity index is 1800. The second kappa shape index (κ2) is 14.6. The fraction of sp³-hybridized carbons (Fsp3) is 0.524. The Balaban J connectivity index is 1.56. The number of pyridine rings is 2. The van der Waals surface area contributed by atoms with Crippen molar-refractivity contribution in [1.82, 2.24) is 9.55 Å². The van der Waals surface area contributed by atoms with Crippen LogP contribution in [-0.4, -0.2) is 27.4 Å². The summed E-state index contributed by atoms with van der Waals surface area (Å²) < 4.78 is 9.06. The molecule has 1 aliphatic heterocycles. The zero-order valence-electron chi connectivity index (χ0n) is 31.6. The average molecular weight is 681 g/mol. The lowest BCUT2D eigenvalue weighted by molar-refractivity contribution is 0.204. The molecule has 258 valence electrons. The zero-order valence-corrected chi connectivity index (χ0v) is 34.0. The summed E-state index contributed by atoms with van der Waals surface area (Å²) >= 11 is 0. The number of aromatic nitrogens is 2. The van der Waals surface area contributed by atoms with Gasteiger partial charge in [0.2, 0.25) is 0 Å². The van der Waals surface area contributed by atoms with E-state index in [1.54, 1.807) is 0 Å². The smallest absolute Gasteiger partial charge is 0.254 e. The van der Waals surface area contributed by atoms with Gasteiger partial charge in [-0.15, -0.1) is 0 Å². The van der Waals surface area contributed by atoms with Crippen LogP contribution in [0.15, 0.2) is 59.4 Å². The van der Waals surface area contributed by atoms with E-state index in [1.807, 2.05) is 11.5 Å². The van der Waals surface area contributed by atoms with Crippen LogP contribution < -0.4 is 10.7 Å². The minimum Gasteiger partial charge on any atom is -0.416 e. The van der Waals surface area contributed by atoms with Crippen molar-refractivity contribution in [2.75, 3.05) is 0 Å². The van der Waals surface area contributed by atoms with E-state index in [4.69, 9.17) is 9.41 Å². The molecule has 48 heavy (non-hydrogen) atoms. The van der Waals surface area contributed by atoms with Crippen LogP contribution in [0, 0.1) is 13.8 Å². The fourth-order valence-corrected chi connectivity index (χ4v) is 11.3. The molecule has 6 heteroatoms. The van der Waals surface area contributed by atoms with Crippen molar-refractivity contribution in [1.29, 1.82) is 0 Å². The fourth-order valence-electron chi connectivity index (χ4n) is 7.35. The molecule has 0 aliphatic carbocycles. The Labute approximate surface area is 293 Å². The maximum Gasteiger partial charge on any atom is 0.254 e. The van der Waals surface area contributed by atoms with Crippen molar-refractivity contribution < 1.29 is 4.43 Å². The van der Waals surface area contributed by atoms with E-state index in [2.05, 4.69) is 116 Å². The van der Waals surface area contributed by atoms with E-state index >= 15 is 0 Å². The maximum atomic E-state index is 14.4. The highest BCUT2D eigenvalue weighted by molar-refractivity contribution is 6.94. The van der Waals surface area contributed by atoms with Crippen molar-refractivity contribution in [3.05, 3.63) is 92.8 Å². The van der Waals surface area contributed by atoms with Gasteiger partial charge in [-0.25, -0.2) is 4.98 Å². The van der Waals surface area contributed by atoms with Crippen molar-refractivity contribution in [3.8, 4) is 11.4 Å². The Kier molecular flexibility index (Phi) is 11.1. The van der Waals surface area contributed by atoms with E-state index in [0.717, 1.165) is 34.5 Å². The highest BCUT2D eigenvalue weighted by Gasteiger charge is 2.42. The van der Waals surface area contributed by atoms with Crippen LogP contribution in [0.1, 0.15) is 120 Å². The number of unbranched alkanes of at least 4 members (excludes halogenated alkanes) is 5. The first kappa shape index (κ1) is 36.5. The zero-order chi connectivity index (χ0) is 34.9. The Morgan fingerprint density at radius 2 is 1.62 bits per heavy atom. The lowest BCUT2D eigenvalue weighted by Crippen LogP contribution is -2.51. The third kappa shape index (κ3) is 7.66. The van der Waals surface area contributed by atoms with Crippen LogP contribution in [0.2, 0.25) is 23.2 Å². The monoisotopic (exact) mass is 680 g/mol. The van der Waals surface area contributed by atoms with Crippen LogP contribution in [0.25, 0.3) is 22.3 Å². The summed E-state index contributed by atoms with van der Waals surface area (Å²) in [6, 6.07) is 19.6. The molecule has 0 saturated carbocycles. The van der Waals surface area contributed by atoms with Gasteiger partial charge in [0, 0.05) is 17.4 Å². The lowest BCUT2D eigenvalue weighted by Gasteiger charge is -2.39. The molecule has 0 radical (unpaired) electrons. The standard InChI is InChI=1S/C42H60N2O2Si2/c1-11-12-13-14-15-19-24-42(7,8)47-46-37(26-31-20-17-16-18-21-31)32-27-36-38-34(28-44(36)40(45)30(32)3)39(48(9,10)41(4,5)6)33-25-29(2)22-23-35(33)43-38/h16-18,20-23,25,27,37H,11-15,19,24,26,28,47H2,1-10H3. The van der Waals surface area contributed by atoms with Gasteiger partial charge in [-0.1, -0.05) is 135 Å². The lowest BCUT2D eigenvalue weighted by atomic mass is 9.97. The van der Waals surface area contributed by atoms with Gasteiger partial charge in [0.05, 0.1) is 37.6 Å². The van der Waals surface area contributed by atoms with Gasteiger partial charge in [-0.2, -0.15) is 0 Å². The molecule has 4 nitrogen and oxygen atoms in total. The molecule has 0 N–H and O–H groups in total. The average Bonchev–Trinajstić information content (AvgIpc) is 3.39. The van der Waals surface area contributed by atoms with E-state index in [-0.39, 0.29) is 21.7 Å². The Hall–Kier alpha value is -2.81. The number of fused-ring (bicyclic) bond motifs is 4. The molecule has 1 atom stereocenters. The molecule has 2 aromatic carbocycles. The number of rotatable bonds is 14. The van der Waals surface area contributed by atoms with E-state index < -0.39 is 17.8 Å². The highest BCUT2D eigenvalue weighted by Crippen LogP contribution is 2.42. The molecule has 0 saturated heterocycles. The summed E-state index contributed by atoms with van der Waals surface area (Å²) in [6.45, 7) is 24.0. The van der Waals surface area contributed by atoms with Crippen molar-refractivity contribution in [2.45, 2.75) is 143 Å². The molecule has 5 rings (SSSR count). The van der Waals surface area contributed by atoms with Gasteiger partial charge >= 0.3 is 0 Å². The van der Waals surface area contributed by atoms with Crippen molar-refractivity contribution in [3.63, 3.8) is 0 Å². The van der Waals surface area contributed by atoms with Gasteiger partial charge < -0.3 is 8.99 Å². The minimum atomic E-state index is -2.01. The van der Waals surface area contributed by atoms with Crippen LogP contribution in [0.5, 0.6) is 0 Å². The largest absolute Gasteiger partial charge is 0.416 e. The predicted octanol–water partition coefficient (Wildman–Crippen LogP) is 10.1. The van der Waals surface area contributed by atoms with Gasteiger partial charge in [0.15, 0.2) is 9.76 Å². The molecule has 2 aromatic heterocycles. The van der Waals surface area contributed by atoms with Crippen molar-refractivity contribution in [2.24, 2.45) is 0 Å². The first-order valence-corrected chi connectivity index (χ1v) is 22.8. The van der Waals surface area contributed by atoms with E-state index in [9.17, 15) is 4.79 Å². The normalized spacial score (nSPS) is 14.2. The summed E-state index contributed by atoms with van der Waals surface area (Å²) in [5.74, 6) is 0.